The lowest BCUT2D eigenvalue weighted by molar-refractivity contribution is -0.123. The molecule has 1 aliphatic rings. The van der Waals surface area contributed by atoms with Crippen molar-refractivity contribution in [3.63, 3.8) is 0 Å². The van der Waals surface area contributed by atoms with Crippen molar-refractivity contribution in [2.45, 2.75) is 12.0 Å². The minimum atomic E-state index is -0.984. The zero-order chi connectivity index (χ0) is 19.2. The van der Waals surface area contributed by atoms with Gasteiger partial charge in [-0.25, -0.2) is 4.79 Å². The predicted molar refractivity (Wildman–Crippen MR) is 98.2 cm³/mol. The Kier molecular flexibility index (Phi) is 5.83. The molecule has 0 heterocycles. The summed E-state index contributed by atoms with van der Waals surface area (Å²) in [7, 11) is 0. The molecule has 27 heavy (non-hydrogen) atoms. The van der Waals surface area contributed by atoms with Crippen LogP contribution in [0.3, 0.4) is 0 Å². The van der Waals surface area contributed by atoms with E-state index in [2.05, 4.69) is 10.6 Å². The summed E-state index contributed by atoms with van der Waals surface area (Å²) in [6.07, 6.45) is -0.302. The van der Waals surface area contributed by atoms with Crippen LogP contribution >= 0.6 is 0 Å². The molecule has 1 atom stereocenters. The summed E-state index contributed by atoms with van der Waals surface area (Å²) >= 11 is 0. The van der Waals surface area contributed by atoms with Gasteiger partial charge >= 0.3 is 6.09 Å². The molecular formula is C20H20N2O5. The van der Waals surface area contributed by atoms with Gasteiger partial charge in [-0.1, -0.05) is 48.5 Å². The molecule has 0 aliphatic heterocycles. The molecule has 2 aromatic rings. The van der Waals surface area contributed by atoms with Gasteiger partial charge in [-0.3, -0.25) is 4.79 Å². The molecule has 2 amide bonds. The van der Waals surface area contributed by atoms with Crippen molar-refractivity contribution in [3.05, 3.63) is 59.7 Å². The highest BCUT2D eigenvalue weighted by Gasteiger charge is 2.29. The summed E-state index contributed by atoms with van der Waals surface area (Å²) < 4.78 is 5.30. The van der Waals surface area contributed by atoms with Crippen molar-refractivity contribution in [3.8, 4) is 11.1 Å². The Hall–Kier alpha value is -3.19. The number of amides is 2. The van der Waals surface area contributed by atoms with E-state index in [-0.39, 0.29) is 19.1 Å². The van der Waals surface area contributed by atoms with E-state index in [0.29, 0.717) is 6.29 Å². The van der Waals surface area contributed by atoms with E-state index in [0.717, 1.165) is 22.3 Å². The van der Waals surface area contributed by atoms with Gasteiger partial charge < -0.3 is 25.3 Å². The van der Waals surface area contributed by atoms with Crippen LogP contribution in [0.4, 0.5) is 4.79 Å². The third kappa shape index (κ3) is 4.15. The summed E-state index contributed by atoms with van der Waals surface area (Å²) in [6.45, 7) is -0.698. The summed E-state index contributed by atoms with van der Waals surface area (Å²) in [4.78, 5) is 34.1. The number of hydrogen-bond acceptors (Lipinski definition) is 5. The molecule has 3 N–H and O–H groups in total. The van der Waals surface area contributed by atoms with Crippen LogP contribution in [0.2, 0.25) is 0 Å². The molecule has 7 heteroatoms. The zero-order valence-electron chi connectivity index (χ0n) is 14.6. The number of aldehydes is 1. The van der Waals surface area contributed by atoms with Crippen LogP contribution in [0.15, 0.2) is 48.5 Å². The summed E-state index contributed by atoms with van der Waals surface area (Å²) in [5.74, 6) is -0.652. The Bertz CT molecular complexity index is 806. The zero-order valence-corrected chi connectivity index (χ0v) is 14.6. The predicted octanol–water partition coefficient (Wildman–Crippen LogP) is 1.20. The van der Waals surface area contributed by atoms with E-state index in [1.54, 1.807) is 0 Å². The normalized spacial score (nSPS) is 13.2. The lowest BCUT2D eigenvalue weighted by Gasteiger charge is -2.15. The van der Waals surface area contributed by atoms with Crippen molar-refractivity contribution >= 4 is 18.3 Å². The van der Waals surface area contributed by atoms with Crippen molar-refractivity contribution in [1.82, 2.24) is 10.6 Å². The fourth-order valence-corrected chi connectivity index (χ4v) is 3.18. The van der Waals surface area contributed by atoms with Crippen molar-refractivity contribution in [2.75, 3.05) is 19.8 Å². The molecule has 0 aromatic heterocycles. The second kappa shape index (κ2) is 8.46. The number of rotatable bonds is 7. The molecule has 3 rings (SSSR count). The Morgan fingerprint density at radius 3 is 2.22 bits per heavy atom. The first kappa shape index (κ1) is 18.6. The van der Waals surface area contributed by atoms with E-state index in [4.69, 9.17) is 9.84 Å². The van der Waals surface area contributed by atoms with Crippen LogP contribution in [0.5, 0.6) is 0 Å². The van der Waals surface area contributed by atoms with Gasteiger partial charge in [-0.2, -0.15) is 0 Å². The van der Waals surface area contributed by atoms with Crippen LogP contribution in [-0.4, -0.2) is 49.2 Å². The monoisotopic (exact) mass is 368 g/mol. The molecule has 0 saturated carbocycles. The molecule has 0 radical (unpaired) electrons. The Morgan fingerprint density at radius 1 is 1.07 bits per heavy atom. The second-order valence-electron chi connectivity index (χ2n) is 6.17. The third-order valence-electron chi connectivity index (χ3n) is 4.44. The minimum absolute atomic E-state index is 0.0641. The largest absolute Gasteiger partial charge is 0.449 e. The van der Waals surface area contributed by atoms with E-state index < -0.39 is 24.6 Å². The molecule has 140 valence electrons. The number of carbonyl (C=O) groups is 3. The molecule has 1 aliphatic carbocycles. The highest BCUT2D eigenvalue weighted by Crippen LogP contribution is 2.44. The second-order valence-corrected chi connectivity index (χ2v) is 6.17. The SMILES string of the molecule is O=CC(CO)NC(=O)CNC(=O)OCC1c2ccccc2-c2ccccc21. The fourth-order valence-electron chi connectivity index (χ4n) is 3.18. The lowest BCUT2D eigenvalue weighted by atomic mass is 9.98. The molecule has 0 bridgehead atoms. The van der Waals surface area contributed by atoms with Crippen molar-refractivity contribution < 1.29 is 24.2 Å². The summed E-state index contributed by atoms with van der Waals surface area (Å²) in [6, 6.07) is 15.0. The van der Waals surface area contributed by atoms with Crippen LogP contribution in [0, 0.1) is 0 Å². The van der Waals surface area contributed by atoms with Gasteiger partial charge in [0.2, 0.25) is 5.91 Å². The number of alkyl carbamates (subject to hydrolysis) is 1. The molecule has 1 unspecified atom stereocenters. The number of ether oxygens (including phenoxy) is 1. The maximum Gasteiger partial charge on any atom is 0.407 e. The minimum Gasteiger partial charge on any atom is -0.449 e. The van der Waals surface area contributed by atoms with E-state index in [1.807, 2.05) is 48.5 Å². The van der Waals surface area contributed by atoms with E-state index >= 15 is 0 Å². The molecule has 2 aromatic carbocycles. The first-order valence-electron chi connectivity index (χ1n) is 8.58. The average molecular weight is 368 g/mol. The molecule has 0 fully saturated rings. The van der Waals surface area contributed by atoms with Crippen LogP contribution in [0.25, 0.3) is 11.1 Å². The number of carbonyl (C=O) groups excluding carboxylic acids is 3. The number of nitrogens with one attached hydrogen (secondary N) is 2. The molecule has 0 saturated heterocycles. The first-order chi connectivity index (χ1) is 13.1. The highest BCUT2D eigenvalue weighted by atomic mass is 16.5. The lowest BCUT2D eigenvalue weighted by Crippen LogP contribution is -2.44. The van der Waals surface area contributed by atoms with E-state index in [9.17, 15) is 14.4 Å². The van der Waals surface area contributed by atoms with Crippen LogP contribution in [0.1, 0.15) is 17.0 Å². The quantitative estimate of drug-likeness (QED) is 0.637. The fraction of sp³-hybridized carbons (Fsp3) is 0.250. The van der Waals surface area contributed by atoms with Gasteiger partial charge in [0, 0.05) is 5.92 Å². The molecular weight excluding hydrogens is 348 g/mol. The number of fused-ring (bicyclic) bond motifs is 3. The number of aliphatic hydroxyl groups excluding tert-OH is 1. The maximum absolute atomic E-state index is 11.9. The van der Waals surface area contributed by atoms with Crippen molar-refractivity contribution in [1.29, 1.82) is 0 Å². The number of aliphatic hydroxyl groups is 1. The molecule has 0 spiro atoms. The van der Waals surface area contributed by atoms with Gasteiger partial charge in [-0.15, -0.1) is 0 Å². The average Bonchev–Trinajstić information content (AvgIpc) is 3.03. The van der Waals surface area contributed by atoms with Gasteiger partial charge in [-0.05, 0) is 22.3 Å². The van der Waals surface area contributed by atoms with Gasteiger partial charge in [0.1, 0.15) is 25.5 Å². The topological polar surface area (TPSA) is 105 Å². The van der Waals surface area contributed by atoms with Gasteiger partial charge in [0.25, 0.3) is 0 Å². The van der Waals surface area contributed by atoms with Gasteiger partial charge in [0.05, 0.1) is 6.61 Å². The summed E-state index contributed by atoms with van der Waals surface area (Å²) in [5.41, 5.74) is 4.46. The smallest absolute Gasteiger partial charge is 0.407 e. The van der Waals surface area contributed by atoms with E-state index in [1.165, 1.54) is 0 Å². The Morgan fingerprint density at radius 2 is 1.67 bits per heavy atom. The third-order valence-corrected chi connectivity index (χ3v) is 4.44. The van der Waals surface area contributed by atoms with Crippen LogP contribution < -0.4 is 10.6 Å². The standard InChI is InChI=1S/C20H20N2O5/c23-10-13(11-24)22-19(25)9-21-20(26)27-12-18-16-7-3-1-5-14(16)15-6-2-4-8-17(15)18/h1-8,10,13,18,24H,9,11-12H2,(H,21,26)(H,22,25). The first-order valence-corrected chi connectivity index (χ1v) is 8.58. The van der Waals surface area contributed by atoms with Gasteiger partial charge in [0.15, 0.2) is 0 Å². The van der Waals surface area contributed by atoms with Crippen molar-refractivity contribution in [2.24, 2.45) is 0 Å². The number of hydrogen-bond donors (Lipinski definition) is 3. The molecule has 7 nitrogen and oxygen atoms in total. The number of benzene rings is 2. The summed E-state index contributed by atoms with van der Waals surface area (Å²) in [5, 5.41) is 13.5. The maximum atomic E-state index is 11.9. The Labute approximate surface area is 156 Å². The highest BCUT2D eigenvalue weighted by molar-refractivity contribution is 5.84. The van der Waals surface area contributed by atoms with Crippen LogP contribution in [-0.2, 0) is 14.3 Å². The Balaban J connectivity index is 1.56.